The van der Waals surface area contributed by atoms with E-state index >= 15 is 0 Å². The van der Waals surface area contributed by atoms with Crippen molar-refractivity contribution in [3.63, 3.8) is 0 Å². The first-order chi connectivity index (χ1) is 11.1. The number of hydrogen-bond donors (Lipinski definition) is 2. The first-order valence-electron chi connectivity index (χ1n) is 7.98. The fourth-order valence-corrected chi connectivity index (χ4v) is 4.28. The Kier molecular flexibility index (Phi) is 3.44. The molecular weight excluding hydrogens is 310 g/mol. The second-order valence-electron chi connectivity index (χ2n) is 7.52. The fraction of sp³-hybridized carbons (Fsp3) is 0.529. The molecule has 2 N–H and O–H groups in total. The summed E-state index contributed by atoms with van der Waals surface area (Å²) in [6, 6.07) is 5.78. The molecule has 0 heterocycles. The van der Waals surface area contributed by atoms with Crippen molar-refractivity contribution < 1.29 is 14.5 Å². The molecule has 3 rings (SSSR count). The summed E-state index contributed by atoms with van der Waals surface area (Å²) < 4.78 is 0. The number of rotatable bonds is 4. The normalized spacial score (nSPS) is 30.2. The number of hydrogen-bond acceptors (Lipinski definition) is 5. The van der Waals surface area contributed by atoms with Crippen molar-refractivity contribution in [1.82, 2.24) is 5.43 Å². The molecule has 2 aliphatic rings. The van der Waals surface area contributed by atoms with Crippen LogP contribution in [-0.2, 0) is 9.59 Å². The van der Waals surface area contributed by atoms with Gasteiger partial charge in [0.05, 0.1) is 16.0 Å². The van der Waals surface area contributed by atoms with Crippen LogP contribution in [0.5, 0.6) is 0 Å². The van der Waals surface area contributed by atoms with E-state index in [0.29, 0.717) is 12.1 Å². The van der Waals surface area contributed by atoms with Gasteiger partial charge in [-0.15, -0.1) is 0 Å². The maximum atomic E-state index is 12.8. The van der Waals surface area contributed by atoms with E-state index in [1.807, 2.05) is 20.8 Å². The average molecular weight is 331 g/mol. The number of benzene rings is 1. The van der Waals surface area contributed by atoms with Crippen molar-refractivity contribution in [2.24, 2.45) is 16.2 Å². The van der Waals surface area contributed by atoms with Gasteiger partial charge < -0.3 is 0 Å². The molecule has 2 aliphatic carbocycles. The summed E-state index contributed by atoms with van der Waals surface area (Å²) >= 11 is 0. The van der Waals surface area contributed by atoms with Gasteiger partial charge >= 0.3 is 0 Å². The third-order valence-electron chi connectivity index (χ3n) is 6.54. The summed E-state index contributed by atoms with van der Waals surface area (Å²) in [6.07, 6.45) is 1.68. The van der Waals surface area contributed by atoms with E-state index in [2.05, 4.69) is 10.9 Å². The van der Waals surface area contributed by atoms with Crippen LogP contribution < -0.4 is 10.9 Å². The van der Waals surface area contributed by atoms with Gasteiger partial charge in [-0.25, -0.2) is 0 Å². The van der Waals surface area contributed by atoms with Crippen LogP contribution in [0, 0.1) is 26.4 Å². The second kappa shape index (κ2) is 5.03. The lowest BCUT2D eigenvalue weighted by molar-refractivity contribution is -0.384. The molecule has 0 radical (unpaired) electrons. The van der Waals surface area contributed by atoms with Crippen LogP contribution in [0.25, 0.3) is 0 Å². The lowest BCUT2D eigenvalue weighted by atomic mass is 9.64. The Morgan fingerprint density at radius 1 is 1.17 bits per heavy atom. The lowest BCUT2D eigenvalue weighted by Gasteiger charge is -2.38. The van der Waals surface area contributed by atoms with E-state index in [9.17, 15) is 19.7 Å². The highest BCUT2D eigenvalue weighted by molar-refractivity contribution is 5.99. The van der Waals surface area contributed by atoms with Gasteiger partial charge in [-0.1, -0.05) is 20.8 Å². The Bertz CT molecular complexity index is 728. The van der Waals surface area contributed by atoms with Crippen LogP contribution in [0.1, 0.15) is 40.0 Å². The number of nitro groups is 1. The van der Waals surface area contributed by atoms with Crippen molar-refractivity contribution in [1.29, 1.82) is 0 Å². The van der Waals surface area contributed by atoms with Crippen molar-refractivity contribution in [2.75, 3.05) is 5.43 Å². The van der Waals surface area contributed by atoms with E-state index in [4.69, 9.17) is 0 Å². The van der Waals surface area contributed by atoms with Crippen molar-refractivity contribution in [2.45, 2.75) is 40.0 Å². The standard InChI is InChI=1S/C17H21N3O4/c1-15(2)16(3)8-9-17(15,10-13(16)21)14(22)19-18-11-4-6-12(7-5-11)20(23)24/h4-7,18H,8-10H2,1-3H3,(H,19,22)/t16-,17-/m0/s1. The van der Waals surface area contributed by atoms with Crippen LogP contribution in [0.4, 0.5) is 11.4 Å². The van der Waals surface area contributed by atoms with E-state index in [1.165, 1.54) is 24.3 Å². The highest BCUT2D eigenvalue weighted by atomic mass is 16.6. The van der Waals surface area contributed by atoms with Crippen molar-refractivity contribution in [3.05, 3.63) is 34.4 Å². The minimum atomic E-state index is -0.702. The van der Waals surface area contributed by atoms with Gasteiger partial charge in [-0.2, -0.15) is 0 Å². The zero-order chi connectivity index (χ0) is 17.8. The SMILES string of the molecule is CC1(C)[C@@]2(C(=O)NNc3ccc([N+](=O)[O-])cc3)CC[C@@]1(C)C(=O)C2. The van der Waals surface area contributed by atoms with E-state index in [1.54, 1.807) is 0 Å². The first-order valence-corrected chi connectivity index (χ1v) is 7.98. The molecule has 1 aromatic rings. The summed E-state index contributed by atoms with van der Waals surface area (Å²) in [6.45, 7) is 5.95. The molecule has 1 aromatic carbocycles. The zero-order valence-corrected chi connectivity index (χ0v) is 14.0. The first kappa shape index (κ1) is 16.4. The van der Waals surface area contributed by atoms with Crippen molar-refractivity contribution >= 4 is 23.1 Å². The molecule has 0 saturated heterocycles. The maximum Gasteiger partial charge on any atom is 0.269 e. The summed E-state index contributed by atoms with van der Waals surface area (Å²) in [5, 5.41) is 10.7. The third-order valence-corrected chi connectivity index (χ3v) is 6.54. The van der Waals surface area contributed by atoms with E-state index in [0.717, 1.165) is 6.42 Å². The molecule has 1 amide bonds. The number of nitrogens with zero attached hydrogens (tertiary/aromatic N) is 1. The number of carbonyl (C=O) groups excluding carboxylic acids is 2. The molecule has 7 heteroatoms. The number of anilines is 1. The van der Waals surface area contributed by atoms with Gasteiger partial charge in [0.1, 0.15) is 5.78 Å². The predicted molar refractivity (Wildman–Crippen MR) is 88.0 cm³/mol. The van der Waals surface area contributed by atoms with Gasteiger partial charge in [0.2, 0.25) is 5.91 Å². The number of ketones is 1. The molecule has 0 aliphatic heterocycles. The quantitative estimate of drug-likeness (QED) is 0.652. The third kappa shape index (κ3) is 1.96. The number of fused-ring (bicyclic) bond motifs is 2. The summed E-state index contributed by atoms with van der Waals surface area (Å²) in [5.74, 6) is -0.0373. The Morgan fingerprint density at radius 2 is 1.79 bits per heavy atom. The molecule has 0 aromatic heterocycles. The Hall–Kier alpha value is -2.44. The Balaban J connectivity index is 1.74. The lowest BCUT2D eigenvalue weighted by Crippen LogP contribution is -2.48. The van der Waals surface area contributed by atoms with Crippen LogP contribution in [0.2, 0.25) is 0 Å². The van der Waals surface area contributed by atoms with Crippen LogP contribution in [0.15, 0.2) is 24.3 Å². The zero-order valence-electron chi connectivity index (χ0n) is 14.0. The molecule has 2 atom stereocenters. The van der Waals surface area contributed by atoms with Crippen LogP contribution in [-0.4, -0.2) is 16.6 Å². The highest BCUT2D eigenvalue weighted by Crippen LogP contribution is 2.70. The smallest absolute Gasteiger partial charge is 0.269 e. The molecule has 0 unspecified atom stereocenters. The number of nitro benzene ring substituents is 1. The minimum absolute atomic E-state index is 0.0143. The molecule has 0 spiro atoms. The second-order valence-corrected chi connectivity index (χ2v) is 7.52. The summed E-state index contributed by atoms with van der Waals surface area (Å²) in [7, 11) is 0. The maximum absolute atomic E-state index is 12.8. The molecular formula is C17H21N3O4. The molecule has 7 nitrogen and oxygen atoms in total. The van der Waals surface area contributed by atoms with Crippen molar-refractivity contribution in [3.8, 4) is 0 Å². The largest absolute Gasteiger partial charge is 0.299 e. The Morgan fingerprint density at radius 3 is 2.25 bits per heavy atom. The molecule has 24 heavy (non-hydrogen) atoms. The summed E-state index contributed by atoms with van der Waals surface area (Å²) in [5.41, 5.74) is 4.47. The molecule has 2 bridgehead atoms. The number of carbonyl (C=O) groups is 2. The topological polar surface area (TPSA) is 101 Å². The average Bonchev–Trinajstić information content (AvgIpc) is 2.83. The molecule has 2 saturated carbocycles. The van der Waals surface area contributed by atoms with Gasteiger partial charge in [-0.3, -0.25) is 30.6 Å². The minimum Gasteiger partial charge on any atom is -0.299 e. The highest BCUT2D eigenvalue weighted by Gasteiger charge is 2.72. The number of hydrazine groups is 1. The van der Waals surface area contributed by atoms with Crippen LogP contribution >= 0.6 is 0 Å². The van der Waals surface area contributed by atoms with Gasteiger partial charge in [0.15, 0.2) is 0 Å². The van der Waals surface area contributed by atoms with Gasteiger partial charge in [0, 0.05) is 24.0 Å². The van der Waals surface area contributed by atoms with E-state index < -0.39 is 21.2 Å². The number of Topliss-reactive ketones (excluding diaryl/α,β-unsaturated/α-hetero) is 1. The number of non-ortho nitro benzene ring substituents is 1. The van der Waals surface area contributed by atoms with E-state index in [-0.39, 0.29) is 23.8 Å². The predicted octanol–water partition coefficient (Wildman–Crippen LogP) is 2.82. The van der Waals surface area contributed by atoms with Gasteiger partial charge in [0.25, 0.3) is 5.69 Å². The fourth-order valence-electron chi connectivity index (χ4n) is 4.28. The van der Waals surface area contributed by atoms with Gasteiger partial charge in [-0.05, 0) is 30.4 Å². The summed E-state index contributed by atoms with van der Waals surface area (Å²) in [4.78, 5) is 35.4. The number of nitrogens with one attached hydrogen (secondary N) is 2. The number of amides is 1. The van der Waals surface area contributed by atoms with Crippen LogP contribution in [0.3, 0.4) is 0 Å². The molecule has 2 fully saturated rings. The molecule has 128 valence electrons. The Labute approximate surface area is 139 Å². The monoisotopic (exact) mass is 331 g/mol.